The number of likely N-dealkylation sites (tertiary alicyclic amines) is 1. The predicted molar refractivity (Wildman–Crippen MR) is 82.9 cm³/mol. The molecule has 0 spiro atoms. The van der Waals surface area contributed by atoms with Crippen LogP contribution in [0.2, 0.25) is 0 Å². The highest BCUT2D eigenvalue weighted by Crippen LogP contribution is 2.24. The topological polar surface area (TPSA) is 65.5 Å². The minimum atomic E-state index is -0.731. The number of aliphatic carboxylic acids is 1. The number of carboxylic acid groups (broad SMARTS) is 1. The molecule has 1 atom stereocenters. The van der Waals surface area contributed by atoms with Gasteiger partial charge in [-0.15, -0.1) is 11.3 Å². The molecule has 6 heteroatoms. The Morgan fingerprint density at radius 3 is 3.00 bits per heavy atom. The molecule has 110 valence electrons. The van der Waals surface area contributed by atoms with E-state index in [1.807, 2.05) is 40.6 Å². The van der Waals surface area contributed by atoms with Crippen LogP contribution in [0.25, 0.3) is 0 Å². The second-order valence-electron chi connectivity index (χ2n) is 5.10. The summed E-state index contributed by atoms with van der Waals surface area (Å²) in [6.07, 6.45) is 1.67. The third-order valence-electron chi connectivity index (χ3n) is 3.59. The molecule has 0 bridgehead atoms. The van der Waals surface area contributed by atoms with Crippen LogP contribution in [0.15, 0.2) is 35.7 Å². The van der Waals surface area contributed by atoms with Crippen molar-refractivity contribution in [3.05, 3.63) is 41.4 Å². The van der Waals surface area contributed by atoms with E-state index in [9.17, 15) is 9.90 Å². The summed E-state index contributed by atoms with van der Waals surface area (Å²) in [4.78, 5) is 17.7. The van der Waals surface area contributed by atoms with Crippen molar-refractivity contribution in [2.75, 3.05) is 11.9 Å². The Morgan fingerprint density at radius 2 is 2.24 bits per heavy atom. The van der Waals surface area contributed by atoms with Gasteiger partial charge in [-0.1, -0.05) is 18.2 Å². The van der Waals surface area contributed by atoms with Gasteiger partial charge in [-0.25, -0.2) is 4.98 Å². The molecule has 5 nitrogen and oxygen atoms in total. The maximum atomic E-state index is 11.2. The summed E-state index contributed by atoms with van der Waals surface area (Å²) < 4.78 is 0. The van der Waals surface area contributed by atoms with E-state index in [2.05, 4.69) is 10.3 Å². The van der Waals surface area contributed by atoms with Gasteiger partial charge in [0.25, 0.3) is 0 Å². The maximum Gasteiger partial charge on any atom is 0.320 e. The standard InChI is InChI=1S/C15H17N3O2S/c19-14(20)13-7-4-8-18(13)9-12-10-21-15(17-12)16-11-5-2-1-3-6-11/h1-3,5-6,10,13H,4,7-9H2,(H,16,17)(H,19,20). The number of hydrogen-bond donors (Lipinski definition) is 2. The minimum absolute atomic E-state index is 0.364. The Morgan fingerprint density at radius 1 is 1.43 bits per heavy atom. The fourth-order valence-electron chi connectivity index (χ4n) is 2.59. The van der Waals surface area contributed by atoms with Gasteiger partial charge in [-0.3, -0.25) is 9.69 Å². The summed E-state index contributed by atoms with van der Waals surface area (Å²) in [6.45, 7) is 1.43. The van der Waals surface area contributed by atoms with Crippen LogP contribution in [-0.4, -0.2) is 33.5 Å². The third-order valence-corrected chi connectivity index (χ3v) is 4.40. The molecular formula is C15H17N3O2S. The number of anilines is 2. The molecule has 1 aliphatic heterocycles. The van der Waals surface area contributed by atoms with Crippen molar-refractivity contribution in [1.29, 1.82) is 0 Å². The van der Waals surface area contributed by atoms with Gasteiger partial charge in [-0.05, 0) is 31.5 Å². The number of aromatic nitrogens is 1. The summed E-state index contributed by atoms with van der Waals surface area (Å²) in [7, 11) is 0. The Hall–Kier alpha value is -1.92. The molecule has 1 fully saturated rings. The van der Waals surface area contributed by atoms with Crippen LogP contribution in [0.1, 0.15) is 18.5 Å². The van der Waals surface area contributed by atoms with Crippen molar-refractivity contribution in [2.45, 2.75) is 25.4 Å². The normalized spacial score (nSPS) is 18.8. The zero-order valence-electron chi connectivity index (χ0n) is 11.5. The van der Waals surface area contributed by atoms with E-state index in [-0.39, 0.29) is 6.04 Å². The molecule has 1 aromatic carbocycles. The van der Waals surface area contributed by atoms with Crippen LogP contribution in [0.4, 0.5) is 10.8 Å². The van der Waals surface area contributed by atoms with E-state index in [1.165, 1.54) is 0 Å². The molecule has 21 heavy (non-hydrogen) atoms. The van der Waals surface area contributed by atoms with Gasteiger partial charge in [-0.2, -0.15) is 0 Å². The van der Waals surface area contributed by atoms with E-state index >= 15 is 0 Å². The van der Waals surface area contributed by atoms with E-state index in [4.69, 9.17) is 0 Å². The van der Waals surface area contributed by atoms with Gasteiger partial charge >= 0.3 is 5.97 Å². The molecule has 0 saturated carbocycles. The zero-order chi connectivity index (χ0) is 14.7. The monoisotopic (exact) mass is 303 g/mol. The molecule has 2 heterocycles. The predicted octanol–water partition coefficient (Wildman–Crippen LogP) is 2.94. The number of rotatable bonds is 5. The Balaban J connectivity index is 1.64. The SMILES string of the molecule is O=C(O)C1CCCN1Cc1csc(Nc2ccccc2)n1. The van der Waals surface area contributed by atoms with Gasteiger partial charge < -0.3 is 10.4 Å². The quantitative estimate of drug-likeness (QED) is 0.889. The smallest absolute Gasteiger partial charge is 0.320 e. The summed E-state index contributed by atoms with van der Waals surface area (Å²) in [5.41, 5.74) is 1.93. The van der Waals surface area contributed by atoms with Gasteiger partial charge in [0, 0.05) is 17.6 Å². The van der Waals surface area contributed by atoms with E-state index in [0.717, 1.165) is 35.9 Å². The lowest BCUT2D eigenvalue weighted by atomic mass is 10.2. The number of carbonyl (C=O) groups is 1. The van der Waals surface area contributed by atoms with Crippen LogP contribution in [-0.2, 0) is 11.3 Å². The first-order valence-electron chi connectivity index (χ1n) is 6.96. The number of nitrogens with one attached hydrogen (secondary N) is 1. The summed E-state index contributed by atoms with van der Waals surface area (Å²) >= 11 is 1.54. The van der Waals surface area contributed by atoms with Crippen molar-refractivity contribution < 1.29 is 9.90 Å². The minimum Gasteiger partial charge on any atom is -0.480 e. The van der Waals surface area contributed by atoms with E-state index in [1.54, 1.807) is 11.3 Å². The van der Waals surface area contributed by atoms with E-state index < -0.39 is 5.97 Å². The van der Waals surface area contributed by atoms with Crippen LogP contribution < -0.4 is 5.32 Å². The van der Waals surface area contributed by atoms with Crippen molar-refractivity contribution in [1.82, 2.24) is 9.88 Å². The molecule has 1 saturated heterocycles. The third kappa shape index (κ3) is 3.40. The lowest BCUT2D eigenvalue weighted by Gasteiger charge is -2.19. The summed E-state index contributed by atoms with van der Waals surface area (Å²) in [5.74, 6) is -0.731. The number of carboxylic acids is 1. The molecule has 0 radical (unpaired) electrons. The first kappa shape index (κ1) is 14.0. The highest BCUT2D eigenvalue weighted by molar-refractivity contribution is 7.13. The van der Waals surface area contributed by atoms with Crippen molar-refractivity contribution in [3.8, 4) is 0 Å². The van der Waals surface area contributed by atoms with Gasteiger partial charge in [0.15, 0.2) is 5.13 Å². The Kier molecular flexibility index (Phi) is 4.17. The Labute approximate surface area is 127 Å². The average Bonchev–Trinajstić information content (AvgIpc) is 3.10. The largest absolute Gasteiger partial charge is 0.480 e. The molecule has 0 amide bonds. The van der Waals surface area contributed by atoms with Gasteiger partial charge in [0.05, 0.1) is 5.69 Å². The first-order chi connectivity index (χ1) is 10.2. The molecule has 0 aliphatic carbocycles. The Bertz CT molecular complexity index is 614. The maximum absolute atomic E-state index is 11.2. The fraction of sp³-hybridized carbons (Fsp3) is 0.333. The number of hydrogen-bond acceptors (Lipinski definition) is 5. The highest BCUT2D eigenvalue weighted by atomic mass is 32.1. The van der Waals surface area contributed by atoms with Crippen molar-refractivity contribution in [3.63, 3.8) is 0 Å². The van der Waals surface area contributed by atoms with Gasteiger partial charge in [0.2, 0.25) is 0 Å². The molecule has 3 rings (SSSR count). The summed E-state index contributed by atoms with van der Waals surface area (Å²) in [5, 5.41) is 15.3. The molecular weight excluding hydrogens is 286 g/mol. The zero-order valence-corrected chi connectivity index (χ0v) is 12.3. The fourth-order valence-corrected chi connectivity index (χ4v) is 3.31. The van der Waals surface area contributed by atoms with Crippen LogP contribution in [0.5, 0.6) is 0 Å². The average molecular weight is 303 g/mol. The van der Waals surface area contributed by atoms with E-state index in [0.29, 0.717) is 6.54 Å². The molecule has 1 aliphatic rings. The molecule has 2 N–H and O–H groups in total. The van der Waals surface area contributed by atoms with Crippen LogP contribution in [0, 0.1) is 0 Å². The van der Waals surface area contributed by atoms with Crippen LogP contribution >= 0.6 is 11.3 Å². The molecule has 2 aromatic rings. The lowest BCUT2D eigenvalue weighted by molar-refractivity contribution is -0.142. The van der Waals surface area contributed by atoms with Crippen LogP contribution in [0.3, 0.4) is 0 Å². The number of thiazole rings is 1. The van der Waals surface area contributed by atoms with Gasteiger partial charge in [0.1, 0.15) is 6.04 Å². The summed E-state index contributed by atoms with van der Waals surface area (Å²) in [6, 6.07) is 9.52. The molecule has 1 unspecified atom stereocenters. The van der Waals surface area contributed by atoms with Crippen molar-refractivity contribution >= 4 is 28.1 Å². The number of nitrogens with zero attached hydrogens (tertiary/aromatic N) is 2. The van der Waals surface area contributed by atoms with Crippen molar-refractivity contribution in [2.24, 2.45) is 0 Å². The first-order valence-corrected chi connectivity index (χ1v) is 7.83. The molecule has 1 aromatic heterocycles. The number of benzene rings is 1. The second kappa shape index (κ2) is 6.24. The number of para-hydroxylation sites is 1. The second-order valence-corrected chi connectivity index (χ2v) is 5.96. The lowest BCUT2D eigenvalue weighted by Crippen LogP contribution is -2.35. The highest BCUT2D eigenvalue weighted by Gasteiger charge is 2.30.